The summed E-state index contributed by atoms with van der Waals surface area (Å²) >= 11 is 0. The van der Waals surface area contributed by atoms with Gasteiger partial charge in [-0.3, -0.25) is 9.10 Å². The average molecular weight is 479 g/mol. The monoisotopic (exact) mass is 478 g/mol. The van der Waals surface area contributed by atoms with E-state index in [1.807, 2.05) is 36.4 Å². The lowest BCUT2D eigenvalue weighted by Crippen LogP contribution is -2.49. The first-order valence-corrected chi connectivity index (χ1v) is 12.8. The second-order valence-corrected chi connectivity index (χ2v) is 11.3. The zero-order valence-electron chi connectivity index (χ0n) is 19.9. The number of carbonyl (C=O) groups excluding carboxylic acids is 1. The number of ether oxygens (including phenoxy) is 1. The first kappa shape index (κ1) is 23.8. The summed E-state index contributed by atoms with van der Waals surface area (Å²) in [5.41, 5.74) is 3.03. The van der Waals surface area contributed by atoms with Crippen molar-refractivity contribution < 1.29 is 17.9 Å². The Morgan fingerprint density at radius 2 is 1.71 bits per heavy atom. The van der Waals surface area contributed by atoms with Crippen LogP contribution in [0.15, 0.2) is 77.7 Å². The maximum Gasteiger partial charge on any atom is 0.267 e. The summed E-state index contributed by atoms with van der Waals surface area (Å²) in [5.74, 6) is -0.0386. The van der Waals surface area contributed by atoms with Gasteiger partial charge in [-0.2, -0.15) is 0 Å². The van der Waals surface area contributed by atoms with Crippen LogP contribution >= 0.6 is 0 Å². The molecule has 0 aliphatic carbocycles. The van der Waals surface area contributed by atoms with Crippen molar-refractivity contribution in [3.8, 4) is 5.75 Å². The van der Waals surface area contributed by atoms with E-state index in [0.29, 0.717) is 17.1 Å². The molecule has 0 aromatic heterocycles. The number of anilines is 2. The van der Waals surface area contributed by atoms with Crippen LogP contribution in [0.1, 0.15) is 38.8 Å². The molecule has 0 saturated carbocycles. The van der Waals surface area contributed by atoms with Gasteiger partial charge in [-0.05, 0) is 59.4 Å². The molecule has 0 radical (unpaired) electrons. The third-order valence-electron chi connectivity index (χ3n) is 5.95. The summed E-state index contributed by atoms with van der Waals surface area (Å²) in [6, 6.07) is 21.3. The van der Waals surface area contributed by atoms with Crippen LogP contribution in [0.25, 0.3) is 0 Å². The van der Waals surface area contributed by atoms with E-state index in [4.69, 9.17) is 4.74 Å². The zero-order chi connectivity index (χ0) is 24.5. The molecule has 0 fully saturated rings. The summed E-state index contributed by atoms with van der Waals surface area (Å²) in [7, 11) is -3.91. The van der Waals surface area contributed by atoms with Crippen molar-refractivity contribution in [3.63, 3.8) is 0 Å². The number of sulfonamides is 1. The van der Waals surface area contributed by atoms with Crippen LogP contribution in [0.3, 0.4) is 0 Å². The molecule has 4 rings (SSSR count). The maximum atomic E-state index is 13.6. The Morgan fingerprint density at radius 3 is 2.32 bits per heavy atom. The summed E-state index contributed by atoms with van der Waals surface area (Å²) < 4.78 is 34.6. The molecule has 1 amide bonds. The minimum absolute atomic E-state index is 0.128. The lowest BCUT2D eigenvalue weighted by Gasteiger charge is -2.36. The molecule has 1 N–H and O–H groups in total. The highest BCUT2D eigenvalue weighted by atomic mass is 32.2. The summed E-state index contributed by atoms with van der Waals surface area (Å²) in [5, 5.41) is 2.86. The number of rotatable bonds is 5. The van der Waals surface area contributed by atoms with E-state index in [2.05, 4.69) is 33.0 Å². The Balaban J connectivity index is 1.71. The highest BCUT2D eigenvalue weighted by molar-refractivity contribution is 7.92. The van der Waals surface area contributed by atoms with Gasteiger partial charge >= 0.3 is 0 Å². The molecule has 1 aliphatic heterocycles. The molecule has 6 nitrogen and oxygen atoms in total. The number of benzene rings is 3. The topological polar surface area (TPSA) is 75.7 Å². The van der Waals surface area contributed by atoms with Gasteiger partial charge in [0.2, 0.25) is 0 Å². The Morgan fingerprint density at radius 1 is 1.03 bits per heavy atom. The summed E-state index contributed by atoms with van der Waals surface area (Å²) in [6.45, 7) is 8.13. The maximum absolute atomic E-state index is 13.6. The number of hydrogen-bond donors (Lipinski definition) is 1. The third kappa shape index (κ3) is 4.80. The highest BCUT2D eigenvalue weighted by Crippen LogP contribution is 2.40. The van der Waals surface area contributed by atoms with Crippen molar-refractivity contribution in [3.05, 3.63) is 83.9 Å². The number of carbonyl (C=O) groups is 1. The minimum Gasteiger partial charge on any atom is -0.476 e. The number of aryl methyl sites for hydroxylation is 1. The minimum atomic E-state index is -3.91. The van der Waals surface area contributed by atoms with Crippen molar-refractivity contribution in [1.82, 2.24) is 0 Å². The molecule has 0 spiro atoms. The normalized spacial score (nSPS) is 15.9. The van der Waals surface area contributed by atoms with Gasteiger partial charge in [0.05, 0.1) is 17.1 Å². The molecular weight excluding hydrogens is 448 g/mol. The van der Waals surface area contributed by atoms with Crippen LogP contribution in [0.2, 0.25) is 0 Å². The fraction of sp³-hybridized carbons (Fsp3) is 0.296. The van der Waals surface area contributed by atoms with Crippen molar-refractivity contribution >= 4 is 27.3 Å². The van der Waals surface area contributed by atoms with Crippen LogP contribution in [0, 0.1) is 0 Å². The smallest absolute Gasteiger partial charge is 0.267 e. The molecule has 1 unspecified atom stereocenters. The van der Waals surface area contributed by atoms with Crippen LogP contribution in [-0.2, 0) is 26.7 Å². The molecule has 3 aromatic carbocycles. The van der Waals surface area contributed by atoms with Gasteiger partial charge in [-0.15, -0.1) is 0 Å². The Labute approximate surface area is 201 Å². The van der Waals surface area contributed by atoms with Gasteiger partial charge in [0.25, 0.3) is 15.9 Å². The Kier molecular flexibility index (Phi) is 6.41. The number of nitrogens with one attached hydrogen (secondary N) is 1. The number of nitrogens with zero attached hydrogens (tertiary/aromatic N) is 1. The number of fused-ring (bicyclic) bond motifs is 1. The van der Waals surface area contributed by atoms with Gasteiger partial charge < -0.3 is 10.1 Å². The van der Waals surface area contributed by atoms with Gasteiger partial charge in [0.1, 0.15) is 5.75 Å². The lowest BCUT2D eigenvalue weighted by atomic mass is 9.86. The van der Waals surface area contributed by atoms with E-state index >= 15 is 0 Å². The van der Waals surface area contributed by atoms with E-state index in [-0.39, 0.29) is 16.9 Å². The molecule has 0 saturated heterocycles. The van der Waals surface area contributed by atoms with Crippen molar-refractivity contribution in [2.45, 2.75) is 50.5 Å². The van der Waals surface area contributed by atoms with Crippen LogP contribution < -0.4 is 14.4 Å². The molecule has 7 heteroatoms. The fourth-order valence-corrected chi connectivity index (χ4v) is 5.34. The standard InChI is InChI=1S/C27H30N2O4S/c1-5-19-11-14-21(15-12-19)28-26(30)25-18-29(34(31,32)22-9-7-6-8-10-22)23-17-20(27(2,3)4)13-16-24(23)33-25/h6-17,25H,5,18H2,1-4H3,(H,28,30). The second kappa shape index (κ2) is 9.14. The quantitative estimate of drug-likeness (QED) is 0.551. The van der Waals surface area contributed by atoms with E-state index < -0.39 is 22.0 Å². The van der Waals surface area contributed by atoms with Gasteiger partial charge in [0.15, 0.2) is 6.10 Å². The van der Waals surface area contributed by atoms with E-state index in [0.717, 1.165) is 17.5 Å². The van der Waals surface area contributed by atoms with Gasteiger partial charge in [0, 0.05) is 5.69 Å². The molecule has 0 bridgehead atoms. The highest BCUT2D eigenvalue weighted by Gasteiger charge is 2.38. The summed E-state index contributed by atoms with van der Waals surface area (Å²) in [4.78, 5) is 13.3. The molecule has 34 heavy (non-hydrogen) atoms. The zero-order valence-corrected chi connectivity index (χ0v) is 20.7. The number of amides is 1. The summed E-state index contributed by atoms with van der Waals surface area (Å²) in [6.07, 6.45) is -0.100. The third-order valence-corrected chi connectivity index (χ3v) is 7.74. The number of hydrogen-bond acceptors (Lipinski definition) is 4. The molecule has 1 aliphatic rings. The van der Waals surface area contributed by atoms with Crippen LogP contribution in [0.5, 0.6) is 5.75 Å². The van der Waals surface area contributed by atoms with Gasteiger partial charge in [-0.1, -0.05) is 64.1 Å². The molecule has 1 atom stereocenters. The van der Waals surface area contributed by atoms with Crippen LogP contribution in [0.4, 0.5) is 11.4 Å². The van der Waals surface area contributed by atoms with Gasteiger partial charge in [-0.25, -0.2) is 8.42 Å². The van der Waals surface area contributed by atoms with Crippen molar-refractivity contribution in [2.75, 3.05) is 16.2 Å². The van der Waals surface area contributed by atoms with E-state index in [9.17, 15) is 13.2 Å². The fourth-order valence-electron chi connectivity index (χ4n) is 3.85. The second-order valence-electron chi connectivity index (χ2n) is 9.43. The Hall–Kier alpha value is -3.32. The van der Waals surface area contributed by atoms with E-state index in [1.54, 1.807) is 36.4 Å². The molecular formula is C27H30N2O4S. The Bertz CT molecular complexity index is 1280. The molecule has 3 aromatic rings. The predicted molar refractivity (Wildman–Crippen MR) is 135 cm³/mol. The first-order chi connectivity index (χ1) is 16.1. The largest absolute Gasteiger partial charge is 0.476 e. The van der Waals surface area contributed by atoms with Crippen molar-refractivity contribution in [1.29, 1.82) is 0 Å². The van der Waals surface area contributed by atoms with E-state index in [1.165, 1.54) is 4.31 Å². The SMILES string of the molecule is CCc1ccc(NC(=O)C2CN(S(=O)(=O)c3ccccc3)c3cc(C(C)(C)C)ccc3O2)cc1. The predicted octanol–water partition coefficient (Wildman–Crippen LogP) is 5.14. The molecule has 178 valence electrons. The average Bonchev–Trinajstić information content (AvgIpc) is 2.83. The lowest BCUT2D eigenvalue weighted by molar-refractivity contribution is -0.122. The van der Waals surface area contributed by atoms with Crippen LogP contribution in [-0.4, -0.2) is 27.0 Å². The molecule has 1 heterocycles. The van der Waals surface area contributed by atoms with Crippen molar-refractivity contribution in [2.24, 2.45) is 0 Å². The first-order valence-electron chi connectivity index (χ1n) is 11.4.